The van der Waals surface area contributed by atoms with Crippen LogP contribution in [-0.4, -0.2) is 22.6 Å². The van der Waals surface area contributed by atoms with Crippen LogP contribution in [0.2, 0.25) is 0 Å². The van der Waals surface area contributed by atoms with Gasteiger partial charge in [-0.1, -0.05) is 20.8 Å². The molecule has 0 aliphatic rings. The van der Waals surface area contributed by atoms with Gasteiger partial charge in [0.15, 0.2) is 0 Å². The minimum absolute atomic E-state index is 0.285. The quantitative estimate of drug-likeness (QED) is 0.600. The van der Waals surface area contributed by atoms with Crippen molar-refractivity contribution in [3.05, 3.63) is 11.9 Å². The summed E-state index contributed by atoms with van der Waals surface area (Å²) >= 11 is 0. The molecule has 0 radical (unpaired) electrons. The van der Waals surface area contributed by atoms with Gasteiger partial charge in [0.1, 0.15) is 17.5 Å². The van der Waals surface area contributed by atoms with Gasteiger partial charge in [-0.2, -0.15) is 0 Å². The van der Waals surface area contributed by atoms with Crippen LogP contribution in [0.1, 0.15) is 52.8 Å². The third-order valence-corrected chi connectivity index (χ3v) is 3.15. The molecule has 0 aromatic carbocycles. The Balaban J connectivity index is 3.16. The third-order valence-electron chi connectivity index (χ3n) is 3.15. The van der Waals surface area contributed by atoms with Gasteiger partial charge in [-0.15, -0.1) is 0 Å². The second kappa shape index (κ2) is 6.54. The molecule has 1 atom stereocenters. The third kappa shape index (κ3) is 3.32. The van der Waals surface area contributed by atoms with Crippen molar-refractivity contribution in [3.8, 4) is 0 Å². The zero-order valence-corrected chi connectivity index (χ0v) is 12.1. The SMILES string of the molecule is CCC(C)N(CC)c1cc(NN)nc(C(C)C)n1. The van der Waals surface area contributed by atoms with Crippen molar-refractivity contribution in [2.24, 2.45) is 5.84 Å². The van der Waals surface area contributed by atoms with E-state index >= 15 is 0 Å². The number of anilines is 2. The highest BCUT2D eigenvalue weighted by Gasteiger charge is 2.15. The summed E-state index contributed by atoms with van der Waals surface area (Å²) in [5, 5.41) is 0. The van der Waals surface area contributed by atoms with Gasteiger partial charge in [0.25, 0.3) is 0 Å². The highest BCUT2D eigenvalue weighted by atomic mass is 15.3. The fraction of sp³-hybridized carbons (Fsp3) is 0.692. The number of hydrogen-bond donors (Lipinski definition) is 2. The lowest BCUT2D eigenvalue weighted by molar-refractivity contribution is 0.618. The first-order chi connectivity index (χ1) is 8.53. The van der Waals surface area contributed by atoms with Gasteiger partial charge in [0, 0.05) is 24.6 Å². The molecular formula is C13H25N5. The van der Waals surface area contributed by atoms with Gasteiger partial charge >= 0.3 is 0 Å². The molecule has 0 saturated heterocycles. The standard InChI is InChI=1S/C13H25N5/c1-6-10(5)18(7-2)12-8-11(17-14)15-13(16-12)9(3)4/h8-10H,6-7,14H2,1-5H3,(H,15,16,17). The Morgan fingerprint density at radius 1 is 1.28 bits per heavy atom. The summed E-state index contributed by atoms with van der Waals surface area (Å²) in [6.07, 6.45) is 1.08. The Morgan fingerprint density at radius 3 is 2.39 bits per heavy atom. The first-order valence-electron chi connectivity index (χ1n) is 6.65. The molecule has 0 fully saturated rings. The van der Waals surface area contributed by atoms with Crippen molar-refractivity contribution in [3.63, 3.8) is 0 Å². The molecule has 102 valence electrons. The monoisotopic (exact) mass is 251 g/mol. The molecular weight excluding hydrogens is 226 g/mol. The fourth-order valence-corrected chi connectivity index (χ4v) is 1.85. The average Bonchev–Trinajstić information content (AvgIpc) is 2.38. The predicted molar refractivity (Wildman–Crippen MR) is 76.7 cm³/mol. The molecule has 0 bridgehead atoms. The van der Waals surface area contributed by atoms with E-state index < -0.39 is 0 Å². The average molecular weight is 251 g/mol. The summed E-state index contributed by atoms with van der Waals surface area (Å²) in [6, 6.07) is 2.36. The fourth-order valence-electron chi connectivity index (χ4n) is 1.85. The lowest BCUT2D eigenvalue weighted by atomic mass is 10.2. The predicted octanol–water partition coefficient (Wildman–Crippen LogP) is 2.51. The molecule has 18 heavy (non-hydrogen) atoms. The smallest absolute Gasteiger partial charge is 0.145 e. The molecule has 5 heteroatoms. The lowest BCUT2D eigenvalue weighted by Crippen LogP contribution is -2.33. The summed E-state index contributed by atoms with van der Waals surface area (Å²) in [7, 11) is 0. The molecule has 0 aliphatic carbocycles. The normalized spacial score (nSPS) is 12.6. The minimum atomic E-state index is 0.285. The Hall–Kier alpha value is -1.36. The number of nitrogen functional groups attached to an aromatic ring is 1. The Morgan fingerprint density at radius 2 is 1.94 bits per heavy atom. The van der Waals surface area contributed by atoms with Crippen LogP contribution in [0.15, 0.2) is 6.07 Å². The van der Waals surface area contributed by atoms with Crippen molar-refractivity contribution in [1.29, 1.82) is 0 Å². The largest absolute Gasteiger partial charge is 0.354 e. The summed E-state index contributed by atoms with van der Waals surface area (Å²) in [6.45, 7) is 11.6. The van der Waals surface area contributed by atoms with Crippen molar-refractivity contribution < 1.29 is 0 Å². The van der Waals surface area contributed by atoms with E-state index in [0.717, 1.165) is 24.6 Å². The van der Waals surface area contributed by atoms with Gasteiger partial charge in [-0.25, -0.2) is 15.8 Å². The van der Waals surface area contributed by atoms with E-state index in [1.54, 1.807) is 0 Å². The number of nitrogens with two attached hydrogens (primary N) is 1. The summed E-state index contributed by atoms with van der Waals surface area (Å²) in [5.41, 5.74) is 2.62. The van der Waals surface area contributed by atoms with Crippen LogP contribution in [0.5, 0.6) is 0 Å². The summed E-state index contributed by atoms with van der Waals surface area (Å²) in [4.78, 5) is 11.3. The van der Waals surface area contributed by atoms with Crippen molar-refractivity contribution >= 4 is 11.6 Å². The second-order valence-corrected chi connectivity index (χ2v) is 4.81. The zero-order chi connectivity index (χ0) is 13.7. The number of hydrazine groups is 1. The highest BCUT2D eigenvalue weighted by Crippen LogP contribution is 2.21. The van der Waals surface area contributed by atoms with E-state index in [9.17, 15) is 0 Å². The number of nitrogens with one attached hydrogen (secondary N) is 1. The van der Waals surface area contributed by atoms with Crippen molar-refractivity contribution in [2.45, 2.75) is 53.0 Å². The first-order valence-corrected chi connectivity index (χ1v) is 6.65. The summed E-state index contributed by atoms with van der Waals surface area (Å²) < 4.78 is 0. The second-order valence-electron chi connectivity index (χ2n) is 4.81. The van der Waals surface area contributed by atoms with E-state index in [2.05, 4.69) is 54.9 Å². The Labute approximate surface area is 110 Å². The zero-order valence-electron chi connectivity index (χ0n) is 12.1. The van der Waals surface area contributed by atoms with Crippen molar-refractivity contribution in [1.82, 2.24) is 9.97 Å². The Kier molecular flexibility index (Phi) is 5.34. The topological polar surface area (TPSA) is 67.1 Å². The molecule has 5 nitrogen and oxygen atoms in total. The molecule has 1 heterocycles. The van der Waals surface area contributed by atoms with Gasteiger partial charge in [-0.05, 0) is 20.3 Å². The maximum atomic E-state index is 5.48. The maximum absolute atomic E-state index is 5.48. The molecule has 1 rings (SSSR count). The van der Waals surface area contributed by atoms with Crippen LogP contribution in [0.4, 0.5) is 11.6 Å². The minimum Gasteiger partial charge on any atom is -0.354 e. The number of rotatable bonds is 6. The highest BCUT2D eigenvalue weighted by molar-refractivity contribution is 5.49. The molecule has 0 saturated carbocycles. The first kappa shape index (κ1) is 14.7. The summed E-state index contributed by atoms with van der Waals surface area (Å²) in [5.74, 6) is 8.20. The number of aromatic nitrogens is 2. The lowest BCUT2D eigenvalue weighted by Gasteiger charge is -2.29. The van der Waals surface area contributed by atoms with Gasteiger partial charge in [0.05, 0.1) is 0 Å². The van der Waals surface area contributed by atoms with Crippen LogP contribution < -0.4 is 16.2 Å². The van der Waals surface area contributed by atoms with Crippen LogP contribution in [0.25, 0.3) is 0 Å². The van der Waals surface area contributed by atoms with Gasteiger partial charge in [0.2, 0.25) is 0 Å². The van der Waals surface area contributed by atoms with Crippen LogP contribution in [0, 0.1) is 0 Å². The van der Waals surface area contributed by atoms with Crippen LogP contribution in [-0.2, 0) is 0 Å². The van der Waals surface area contributed by atoms with E-state index in [0.29, 0.717) is 11.9 Å². The maximum Gasteiger partial charge on any atom is 0.145 e. The molecule has 0 spiro atoms. The molecule has 1 aromatic heterocycles. The molecule has 0 aliphatic heterocycles. The van der Waals surface area contributed by atoms with E-state index in [4.69, 9.17) is 5.84 Å². The van der Waals surface area contributed by atoms with Crippen molar-refractivity contribution in [2.75, 3.05) is 16.9 Å². The van der Waals surface area contributed by atoms with E-state index in [1.807, 2.05) is 6.07 Å². The molecule has 1 aromatic rings. The Bertz CT molecular complexity index is 378. The molecule has 1 unspecified atom stereocenters. The van der Waals surface area contributed by atoms with Crippen LogP contribution >= 0.6 is 0 Å². The number of hydrogen-bond acceptors (Lipinski definition) is 5. The van der Waals surface area contributed by atoms with E-state index in [-0.39, 0.29) is 5.92 Å². The van der Waals surface area contributed by atoms with Gasteiger partial charge in [-0.3, -0.25) is 0 Å². The van der Waals surface area contributed by atoms with Gasteiger partial charge < -0.3 is 10.3 Å². The molecule has 3 N–H and O–H groups in total. The van der Waals surface area contributed by atoms with Crippen LogP contribution in [0.3, 0.4) is 0 Å². The molecule has 0 amide bonds. The van der Waals surface area contributed by atoms with E-state index in [1.165, 1.54) is 0 Å². The number of nitrogens with zero attached hydrogens (tertiary/aromatic N) is 3.